The number of imide groups is 1. The van der Waals surface area contributed by atoms with E-state index in [1.807, 2.05) is 36.4 Å². The fraction of sp³-hybridized carbons (Fsp3) is 0.474. The number of allylic oxidation sites excluding steroid dienone is 1. The summed E-state index contributed by atoms with van der Waals surface area (Å²) < 4.78 is 10.8. The minimum atomic E-state index is -0.578. The van der Waals surface area contributed by atoms with Crippen LogP contribution in [0.5, 0.6) is 0 Å². The Labute approximate surface area is 142 Å². The Morgan fingerprint density at radius 1 is 1.29 bits per heavy atom. The molecule has 2 heterocycles. The van der Waals surface area contributed by atoms with E-state index in [1.54, 1.807) is 0 Å². The van der Waals surface area contributed by atoms with Gasteiger partial charge < -0.3 is 9.47 Å². The fourth-order valence-electron chi connectivity index (χ4n) is 3.33. The Morgan fingerprint density at radius 3 is 2.75 bits per heavy atom. The molecule has 0 N–H and O–H groups in total. The van der Waals surface area contributed by atoms with Crippen molar-refractivity contribution in [1.82, 2.24) is 4.90 Å². The highest BCUT2D eigenvalue weighted by molar-refractivity contribution is 5.99. The van der Waals surface area contributed by atoms with Crippen molar-refractivity contribution in [2.24, 2.45) is 5.92 Å². The van der Waals surface area contributed by atoms with Gasteiger partial charge in [-0.15, -0.1) is 0 Å². The zero-order chi connectivity index (χ0) is 17.2. The van der Waals surface area contributed by atoms with Crippen LogP contribution in [0.15, 0.2) is 42.5 Å². The van der Waals surface area contributed by atoms with Crippen LogP contribution in [0.3, 0.4) is 0 Å². The molecule has 1 aromatic rings. The van der Waals surface area contributed by atoms with E-state index in [0.29, 0.717) is 6.61 Å². The molecular weight excluding hydrogens is 306 g/mol. The molecule has 128 valence electrons. The number of carbonyl (C=O) groups excluding carboxylic acids is 2. The number of amides is 2. The molecule has 24 heavy (non-hydrogen) atoms. The maximum Gasteiger partial charge on any atom is 0.417 e. The molecule has 2 saturated heterocycles. The SMILES string of the molecule is CC1(C)CC(C=CC(=O)N2C(=O)OCC2c2ccccc2)CCO1. The van der Waals surface area contributed by atoms with Crippen LogP contribution in [0, 0.1) is 5.92 Å². The Morgan fingerprint density at radius 2 is 2.04 bits per heavy atom. The molecule has 2 amide bonds. The number of benzene rings is 1. The summed E-state index contributed by atoms with van der Waals surface area (Å²) in [6.45, 7) is 5.00. The van der Waals surface area contributed by atoms with Gasteiger partial charge in [-0.05, 0) is 44.2 Å². The summed E-state index contributed by atoms with van der Waals surface area (Å²) in [6, 6.07) is 9.12. The second-order valence-corrected chi connectivity index (χ2v) is 6.93. The summed E-state index contributed by atoms with van der Waals surface area (Å²) in [5.74, 6) is -0.0397. The number of hydrogen-bond acceptors (Lipinski definition) is 4. The van der Waals surface area contributed by atoms with Crippen molar-refractivity contribution in [3.05, 3.63) is 48.0 Å². The van der Waals surface area contributed by atoms with Crippen molar-refractivity contribution in [3.8, 4) is 0 Å². The van der Waals surface area contributed by atoms with E-state index in [-0.39, 0.29) is 30.1 Å². The monoisotopic (exact) mass is 329 g/mol. The van der Waals surface area contributed by atoms with Crippen molar-refractivity contribution in [1.29, 1.82) is 0 Å². The topological polar surface area (TPSA) is 55.8 Å². The third-order valence-corrected chi connectivity index (χ3v) is 4.54. The van der Waals surface area contributed by atoms with Gasteiger partial charge in [0.05, 0.1) is 5.60 Å². The van der Waals surface area contributed by atoms with Crippen LogP contribution in [0.2, 0.25) is 0 Å². The molecule has 3 rings (SSSR count). The van der Waals surface area contributed by atoms with Crippen LogP contribution in [0.1, 0.15) is 38.3 Å². The second-order valence-electron chi connectivity index (χ2n) is 6.93. The van der Waals surface area contributed by atoms with Crippen LogP contribution >= 0.6 is 0 Å². The summed E-state index contributed by atoms with van der Waals surface area (Å²) >= 11 is 0. The normalized spacial score (nSPS) is 26.6. The zero-order valence-electron chi connectivity index (χ0n) is 14.1. The maximum absolute atomic E-state index is 12.6. The van der Waals surface area contributed by atoms with Crippen molar-refractivity contribution in [3.63, 3.8) is 0 Å². The van der Waals surface area contributed by atoms with Gasteiger partial charge in [0.25, 0.3) is 5.91 Å². The minimum Gasteiger partial charge on any atom is -0.446 e. The molecule has 0 aromatic heterocycles. The van der Waals surface area contributed by atoms with Gasteiger partial charge in [0, 0.05) is 6.61 Å². The predicted octanol–water partition coefficient (Wildman–Crippen LogP) is 3.47. The van der Waals surface area contributed by atoms with E-state index < -0.39 is 6.09 Å². The van der Waals surface area contributed by atoms with Gasteiger partial charge in [0.1, 0.15) is 12.6 Å². The summed E-state index contributed by atoms with van der Waals surface area (Å²) in [5.41, 5.74) is 0.729. The molecule has 5 heteroatoms. The molecule has 0 aliphatic carbocycles. The highest BCUT2D eigenvalue weighted by Crippen LogP contribution is 2.30. The standard InChI is InChI=1S/C19H23NO4/c1-19(2)12-14(10-11-24-19)8-9-17(21)20-16(13-23-18(20)22)15-6-4-3-5-7-15/h3-9,14,16H,10-13H2,1-2H3. The average Bonchev–Trinajstić information content (AvgIpc) is 2.94. The number of rotatable bonds is 3. The number of nitrogens with zero attached hydrogens (tertiary/aromatic N) is 1. The second kappa shape index (κ2) is 6.77. The molecule has 0 bridgehead atoms. The number of cyclic esters (lactones) is 1. The summed E-state index contributed by atoms with van der Waals surface area (Å²) in [5, 5.41) is 0. The molecule has 0 saturated carbocycles. The molecule has 1 aromatic carbocycles. The first-order valence-corrected chi connectivity index (χ1v) is 8.33. The maximum atomic E-state index is 12.6. The Kier molecular flexibility index (Phi) is 4.71. The van der Waals surface area contributed by atoms with Gasteiger partial charge in [0.15, 0.2) is 0 Å². The van der Waals surface area contributed by atoms with Gasteiger partial charge in [-0.2, -0.15) is 0 Å². The lowest BCUT2D eigenvalue weighted by Gasteiger charge is -2.34. The van der Waals surface area contributed by atoms with E-state index >= 15 is 0 Å². The third kappa shape index (κ3) is 3.67. The van der Waals surface area contributed by atoms with Crippen LogP contribution in [-0.2, 0) is 14.3 Å². The van der Waals surface area contributed by atoms with Gasteiger partial charge >= 0.3 is 6.09 Å². The zero-order valence-corrected chi connectivity index (χ0v) is 14.1. The van der Waals surface area contributed by atoms with Crippen LogP contribution in [0.25, 0.3) is 0 Å². The van der Waals surface area contributed by atoms with Crippen LogP contribution in [0.4, 0.5) is 4.79 Å². The van der Waals surface area contributed by atoms with E-state index in [0.717, 1.165) is 18.4 Å². The van der Waals surface area contributed by atoms with Crippen molar-refractivity contribution in [2.45, 2.75) is 38.3 Å². The van der Waals surface area contributed by atoms with Crippen molar-refractivity contribution >= 4 is 12.0 Å². The highest BCUT2D eigenvalue weighted by Gasteiger charge is 2.38. The van der Waals surface area contributed by atoms with Gasteiger partial charge in [0.2, 0.25) is 0 Å². The average molecular weight is 329 g/mol. The van der Waals surface area contributed by atoms with E-state index in [4.69, 9.17) is 9.47 Å². The summed E-state index contributed by atoms with van der Waals surface area (Å²) in [6.07, 6.45) is 4.59. The quantitative estimate of drug-likeness (QED) is 0.797. The Bertz CT molecular complexity index is 638. The van der Waals surface area contributed by atoms with Crippen LogP contribution < -0.4 is 0 Å². The summed E-state index contributed by atoms with van der Waals surface area (Å²) in [4.78, 5) is 25.7. The molecule has 0 spiro atoms. The first-order valence-electron chi connectivity index (χ1n) is 8.33. The Hall–Kier alpha value is -2.14. The van der Waals surface area contributed by atoms with Gasteiger partial charge in [-0.25, -0.2) is 9.69 Å². The van der Waals surface area contributed by atoms with Gasteiger partial charge in [-0.1, -0.05) is 36.4 Å². The first-order chi connectivity index (χ1) is 11.5. The predicted molar refractivity (Wildman–Crippen MR) is 89.3 cm³/mol. The number of hydrogen-bond donors (Lipinski definition) is 0. The summed E-state index contributed by atoms with van der Waals surface area (Å²) in [7, 11) is 0. The molecule has 5 nitrogen and oxygen atoms in total. The third-order valence-electron chi connectivity index (χ3n) is 4.54. The largest absolute Gasteiger partial charge is 0.446 e. The van der Waals surface area contributed by atoms with Crippen LogP contribution in [-0.4, -0.2) is 35.7 Å². The van der Waals surface area contributed by atoms with Crippen molar-refractivity contribution in [2.75, 3.05) is 13.2 Å². The molecule has 2 aliphatic rings. The lowest BCUT2D eigenvalue weighted by atomic mass is 9.88. The lowest BCUT2D eigenvalue weighted by Crippen LogP contribution is -2.34. The molecule has 2 unspecified atom stereocenters. The molecule has 2 atom stereocenters. The molecule has 2 fully saturated rings. The smallest absolute Gasteiger partial charge is 0.417 e. The lowest BCUT2D eigenvalue weighted by molar-refractivity contribution is -0.124. The van der Waals surface area contributed by atoms with E-state index in [9.17, 15) is 9.59 Å². The first kappa shape index (κ1) is 16.7. The van der Waals surface area contributed by atoms with Gasteiger partial charge in [-0.3, -0.25) is 4.79 Å². The molecule has 0 radical (unpaired) electrons. The Balaban J connectivity index is 1.71. The number of carbonyl (C=O) groups is 2. The van der Waals surface area contributed by atoms with E-state index in [2.05, 4.69) is 13.8 Å². The van der Waals surface area contributed by atoms with E-state index in [1.165, 1.54) is 11.0 Å². The molecule has 2 aliphatic heterocycles. The highest BCUT2D eigenvalue weighted by atomic mass is 16.6. The van der Waals surface area contributed by atoms with Crippen molar-refractivity contribution < 1.29 is 19.1 Å². The minimum absolute atomic E-state index is 0.171. The molecular formula is C19H23NO4. The fourth-order valence-corrected chi connectivity index (χ4v) is 3.33. The number of ether oxygens (including phenoxy) is 2.